The van der Waals surface area contributed by atoms with Crippen LogP contribution in [0.15, 0.2) is 36.5 Å². The van der Waals surface area contributed by atoms with E-state index in [4.69, 9.17) is 21.1 Å². The molecule has 1 aromatic carbocycles. The summed E-state index contributed by atoms with van der Waals surface area (Å²) in [5.41, 5.74) is 0.461. The zero-order chi connectivity index (χ0) is 20.1. The van der Waals surface area contributed by atoms with Crippen LogP contribution >= 0.6 is 11.6 Å². The van der Waals surface area contributed by atoms with Gasteiger partial charge in [-0.25, -0.2) is 9.78 Å². The van der Waals surface area contributed by atoms with Gasteiger partial charge in [-0.3, -0.25) is 0 Å². The van der Waals surface area contributed by atoms with Gasteiger partial charge in [-0.15, -0.1) is 0 Å². The minimum absolute atomic E-state index is 0.277. The molecular weight excluding hydrogens is 380 g/mol. The van der Waals surface area contributed by atoms with E-state index in [9.17, 15) is 4.79 Å². The fraction of sp³-hybridized carbons (Fsp3) is 0.450. The third-order valence-corrected chi connectivity index (χ3v) is 4.37. The fourth-order valence-electron chi connectivity index (χ4n) is 2.80. The molecule has 1 saturated heterocycles. The molecule has 8 heteroatoms. The molecule has 0 saturated carbocycles. The van der Waals surface area contributed by atoms with Gasteiger partial charge in [-0.05, 0) is 44.5 Å². The molecule has 1 aliphatic rings. The van der Waals surface area contributed by atoms with Crippen LogP contribution in [0.25, 0.3) is 0 Å². The van der Waals surface area contributed by atoms with E-state index in [0.717, 1.165) is 11.4 Å². The number of anilines is 1. The molecule has 3 rings (SSSR count). The lowest BCUT2D eigenvalue weighted by Crippen LogP contribution is -2.50. The molecule has 0 aliphatic carbocycles. The number of halogens is 1. The second kappa shape index (κ2) is 8.65. The minimum Gasteiger partial charge on any atom is -0.459 e. The highest BCUT2D eigenvalue weighted by atomic mass is 35.5. The van der Waals surface area contributed by atoms with Crippen LogP contribution in [0.1, 0.15) is 26.3 Å². The number of piperazine rings is 1. The van der Waals surface area contributed by atoms with Crippen LogP contribution in [0, 0.1) is 0 Å². The van der Waals surface area contributed by atoms with Crippen molar-refractivity contribution in [2.45, 2.75) is 33.0 Å². The summed E-state index contributed by atoms with van der Waals surface area (Å²) < 4.78 is 11.1. The van der Waals surface area contributed by atoms with Crippen molar-refractivity contribution >= 4 is 23.5 Å². The van der Waals surface area contributed by atoms with Crippen molar-refractivity contribution in [2.75, 3.05) is 31.1 Å². The number of carbonyl (C=O) groups excluding carboxylic acids is 1. The van der Waals surface area contributed by atoms with Crippen LogP contribution in [-0.4, -0.2) is 52.7 Å². The van der Waals surface area contributed by atoms with Gasteiger partial charge in [0.05, 0.1) is 0 Å². The molecule has 1 amide bonds. The molecule has 1 aromatic heterocycles. The van der Waals surface area contributed by atoms with Crippen molar-refractivity contribution in [3.05, 3.63) is 47.1 Å². The normalized spacial score (nSPS) is 14.7. The van der Waals surface area contributed by atoms with Gasteiger partial charge in [-0.2, -0.15) is 4.98 Å². The van der Waals surface area contributed by atoms with Gasteiger partial charge in [0.25, 0.3) is 0 Å². The van der Waals surface area contributed by atoms with Crippen molar-refractivity contribution < 1.29 is 14.3 Å². The van der Waals surface area contributed by atoms with Crippen LogP contribution in [0.3, 0.4) is 0 Å². The molecule has 1 fully saturated rings. The Hall–Kier alpha value is -2.54. The Morgan fingerprint density at radius 1 is 1.18 bits per heavy atom. The van der Waals surface area contributed by atoms with Gasteiger partial charge in [0.1, 0.15) is 18.0 Å². The van der Waals surface area contributed by atoms with Crippen LogP contribution in [-0.2, 0) is 11.3 Å². The first-order valence-electron chi connectivity index (χ1n) is 9.23. The molecule has 7 nitrogen and oxygen atoms in total. The number of rotatable bonds is 4. The summed E-state index contributed by atoms with van der Waals surface area (Å²) in [6.45, 7) is 8.45. The predicted molar refractivity (Wildman–Crippen MR) is 108 cm³/mol. The number of hydrogen-bond donors (Lipinski definition) is 0. The molecule has 0 radical (unpaired) electrons. The lowest BCUT2D eigenvalue weighted by molar-refractivity contribution is 0.0240. The molecule has 0 unspecified atom stereocenters. The molecule has 0 atom stereocenters. The first kappa shape index (κ1) is 20.2. The average molecular weight is 405 g/mol. The maximum absolute atomic E-state index is 12.2. The Morgan fingerprint density at radius 3 is 2.61 bits per heavy atom. The average Bonchev–Trinajstić information content (AvgIpc) is 2.65. The lowest BCUT2D eigenvalue weighted by atomic mass is 10.2. The van der Waals surface area contributed by atoms with Crippen LogP contribution in [0.5, 0.6) is 6.01 Å². The van der Waals surface area contributed by atoms with E-state index in [1.165, 1.54) is 0 Å². The van der Waals surface area contributed by atoms with Gasteiger partial charge in [0.2, 0.25) is 0 Å². The monoisotopic (exact) mass is 404 g/mol. The Labute approximate surface area is 170 Å². The van der Waals surface area contributed by atoms with E-state index in [2.05, 4.69) is 14.9 Å². The zero-order valence-corrected chi connectivity index (χ0v) is 17.1. The van der Waals surface area contributed by atoms with E-state index in [-0.39, 0.29) is 6.09 Å². The predicted octanol–water partition coefficient (Wildman–Crippen LogP) is 3.77. The third-order valence-electron chi connectivity index (χ3n) is 4.13. The van der Waals surface area contributed by atoms with Gasteiger partial charge >= 0.3 is 12.1 Å². The summed E-state index contributed by atoms with van der Waals surface area (Å²) >= 11 is 5.99. The Kier molecular flexibility index (Phi) is 6.24. The molecule has 0 spiro atoms. The quantitative estimate of drug-likeness (QED) is 0.772. The van der Waals surface area contributed by atoms with Crippen molar-refractivity contribution in [1.82, 2.24) is 14.9 Å². The number of benzene rings is 1. The number of amides is 1. The summed E-state index contributed by atoms with van der Waals surface area (Å²) in [6, 6.07) is 9.64. The number of ether oxygens (including phenoxy) is 2. The van der Waals surface area contributed by atoms with Crippen molar-refractivity contribution in [3.63, 3.8) is 0 Å². The smallest absolute Gasteiger partial charge is 0.410 e. The molecule has 2 aromatic rings. The largest absolute Gasteiger partial charge is 0.459 e. The Balaban J connectivity index is 1.55. The lowest BCUT2D eigenvalue weighted by Gasteiger charge is -2.36. The van der Waals surface area contributed by atoms with Crippen LogP contribution in [0.4, 0.5) is 10.6 Å². The van der Waals surface area contributed by atoms with E-state index >= 15 is 0 Å². The van der Waals surface area contributed by atoms with Gasteiger partial charge in [0.15, 0.2) is 0 Å². The number of hydrogen-bond acceptors (Lipinski definition) is 6. The highest BCUT2D eigenvalue weighted by molar-refractivity contribution is 6.30. The maximum Gasteiger partial charge on any atom is 0.410 e. The highest BCUT2D eigenvalue weighted by Crippen LogP contribution is 2.18. The zero-order valence-electron chi connectivity index (χ0n) is 16.4. The summed E-state index contributed by atoms with van der Waals surface area (Å²) in [4.78, 5) is 24.7. The second-order valence-electron chi connectivity index (χ2n) is 7.57. The highest BCUT2D eigenvalue weighted by Gasteiger charge is 2.26. The molecule has 1 aliphatic heterocycles. The van der Waals surface area contributed by atoms with E-state index in [1.54, 1.807) is 11.1 Å². The SMILES string of the molecule is CC(C)(C)OC(=O)N1CCN(c2ccnc(OCc3cccc(Cl)c3)n2)CC1. The maximum atomic E-state index is 12.2. The number of nitrogens with zero attached hydrogens (tertiary/aromatic N) is 4. The standard InChI is InChI=1S/C20H25ClN4O3/c1-20(2,3)28-19(26)25-11-9-24(10-12-25)17-7-8-22-18(23-17)27-14-15-5-4-6-16(21)13-15/h4-8,13H,9-12,14H2,1-3H3. The van der Waals surface area contributed by atoms with Crippen LogP contribution < -0.4 is 9.64 Å². The first-order chi connectivity index (χ1) is 13.3. The minimum atomic E-state index is -0.490. The fourth-order valence-corrected chi connectivity index (χ4v) is 3.01. The van der Waals surface area contributed by atoms with E-state index in [1.807, 2.05) is 51.1 Å². The topological polar surface area (TPSA) is 67.8 Å². The number of aromatic nitrogens is 2. The Morgan fingerprint density at radius 2 is 1.93 bits per heavy atom. The summed E-state index contributed by atoms with van der Waals surface area (Å²) in [5, 5.41) is 0.665. The van der Waals surface area contributed by atoms with Crippen molar-refractivity contribution in [3.8, 4) is 6.01 Å². The van der Waals surface area contributed by atoms with Crippen molar-refractivity contribution in [2.24, 2.45) is 0 Å². The van der Waals surface area contributed by atoms with Crippen molar-refractivity contribution in [1.29, 1.82) is 0 Å². The molecule has 28 heavy (non-hydrogen) atoms. The van der Waals surface area contributed by atoms with E-state index in [0.29, 0.717) is 43.8 Å². The van der Waals surface area contributed by atoms with E-state index < -0.39 is 5.60 Å². The van der Waals surface area contributed by atoms with Gasteiger partial charge < -0.3 is 19.3 Å². The molecule has 150 valence electrons. The first-order valence-corrected chi connectivity index (χ1v) is 9.61. The summed E-state index contributed by atoms with van der Waals surface area (Å²) in [7, 11) is 0. The molecule has 0 N–H and O–H groups in total. The van der Waals surface area contributed by atoms with Crippen LogP contribution in [0.2, 0.25) is 5.02 Å². The van der Waals surface area contributed by atoms with Gasteiger partial charge in [-0.1, -0.05) is 23.7 Å². The second-order valence-corrected chi connectivity index (χ2v) is 8.01. The number of carbonyl (C=O) groups is 1. The third kappa shape index (κ3) is 5.73. The molecular formula is C20H25ClN4O3. The Bertz CT molecular complexity index is 817. The van der Waals surface area contributed by atoms with Gasteiger partial charge in [0, 0.05) is 37.4 Å². The molecule has 0 bridgehead atoms. The summed E-state index contributed by atoms with van der Waals surface area (Å²) in [6.07, 6.45) is 1.40. The summed E-state index contributed by atoms with van der Waals surface area (Å²) in [5.74, 6) is 0.778. The molecule has 2 heterocycles.